The predicted molar refractivity (Wildman–Crippen MR) is 163 cm³/mol. The molecule has 0 aliphatic carbocycles. The normalized spacial score (nSPS) is 12.2. The Labute approximate surface area is 235 Å². The van der Waals surface area contributed by atoms with Gasteiger partial charge in [-0.3, -0.25) is 14.4 Å². The lowest BCUT2D eigenvalue weighted by molar-refractivity contribution is 0.430. The number of rotatable bonds is 0. The standard InChI is InChI=1S/C11H13NO.C11H13NS.C10H13N3/c2*1-11(2,3)10-6-8-4-5-12-7-9(8)13-10;1-10(2,3)8-6-12-9-11-4-5-13(9)7-8/h3*4-7H,1-3H3. The van der Waals surface area contributed by atoms with Crippen LogP contribution in [0.2, 0.25) is 0 Å². The van der Waals surface area contributed by atoms with E-state index in [0.717, 1.165) is 22.5 Å². The summed E-state index contributed by atoms with van der Waals surface area (Å²) in [7, 11) is 0. The van der Waals surface area contributed by atoms with Crippen LogP contribution in [0.25, 0.3) is 26.8 Å². The molecule has 0 aliphatic heterocycles. The van der Waals surface area contributed by atoms with Gasteiger partial charge < -0.3 is 4.42 Å². The maximum absolute atomic E-state index is 5.67. The first-order chi connectivity index (χ1) is 18.2. The fourth-order valence-corrected chi connectivity index (χ4v) is 4.80. The molecule has 0 aliphatic rings. The van der Waals surface area contributed by atoms with Crippen molar-refractivity contribution in [3.63, 3.8) is 0 Å². The molecule has 0 bridgehead atoms. The number of furan rings is 1. The lowest BCUT2D eigenvalue weighted by atomic mass is 9.89. The minimum Gasteiger partial charge on any atom is -0.459 e. The van der Waals surface area contributed by atoms with Crippen LogP contribution in [-0.2, 0) is 16.2 Å². The number of hydrogen-bond donors (Lipinski definition) is 0. The first-order valence-corrected chi connectivity index (χ1v) is 14.0. The number of hydrogen-bond acceptors (Lipinski definition) is 6. The van der Waals surface area contributed by atoms with E-state index < -0.39 is 0 Å². The Morgan fingerprint density at radius 3 is 2.03 bits per heavy atom. The van der Waals surface area contributed by atoms with Gasteiger partial charge in [0, 0.05) is 59.1 Å². The molecular weight excluding hydrogens is 502 g/mol. The molecule has 0 saturated heterocycles. The largest absolute Gasteiger partial charge is 0.459 e. The molecular formula is C32H39N5OS. The average molecular weight is 542 g/mol. The minimum absolute atomic E-state index is 0.0685. The maximum Gasteiger partial charge on any atom is 0.233 e. The summed E-state index contributed by atoms with van der Waals surface area (Å²) in [6.07, 6.45) is 15.0. The van der Waals surface area contributed by atoms with Crippen molar-refractivity contribution in [2.75, 3.05) is 0 Å². The van der Waals surface area contributed by atoms with E-state index in [-0.39, 0.29) is 16.2 Å². The van der Waals surface area contributed by atoms with Crippen LogP contribution in [0.4, 0.5) is 0 Å². The molecule has 0 saturated carbocycles. The van der Waals surface area contributed by atoms with Crippen LogP contribution >= 0.6 is 11.3 Å². The maximum atomic E-state index is 5.67. The van der Waals surface area contributed by atoms with Crippen molar-refractivity contribution in [1.29, 1.82) is 0 Å². The topological polar surface area (TPSA) is 69.1 Å². The van der Waals surface area contributed by atoms with Gasteiger partial charge in [-0.1, -0.05) is 62.3 Å². The highest BCUT2D eigenvalue weighted by atomic mass is 32.1. The average Bonchev–Trinajstić information content (AvgIpc) is 3.60. The second-order valence-corrected chi connectivity index (χ2v) is 13.9. The fraction of sp³-hybridized carbons (Fsp3) is 0.375. The molecule has 6 nitrogen and oxygen atoms in total. The number of pyridine rings is 2. The highest BCUT2D eigenvalue weighted by Gasteiger charge is 2.19. The zero-order valence-corrected chi connectivity index (χ0v) is 25.3. The van der Waals surface area contributed by atoms with Crippen molar-refractivity contribution in [2.45, 2.75) is 78.6 Å². The van der Waals surface area contributed by atoms with Crippen molar-refractivity contribution < 1.29 is 4.42 Å². The van der Waals surface area contributed by atoms with Gasteiger partial charge in [0.1, 0.15) is 5.76 Å². The van der Waals surface area contributed by atoms with E-state index in [2.05, 4.69) is 107 Å². The van der Waals surface area contributed by atoms with E-state index in [1.807, 2.05) is 46.6 Å². The summed E-state index contributed by atoms with van der Waals surface area (Å²) < 4.78 is 8.90. The van der Waals surface area contributed by atoms with E-state index in [1.54, 1.807) is 18.6 Å². The van der Waals surface area contributed by atoms with Gasteiger partial charge in [-0.2, -0.15) is 0 Å². The Balaban J connectivity index is 0.000000136. The highest BCUT2D eigenvalue weighted by molar-refractivity contribution is 7.19. The Hall–Kier alpha value is -3.58. The third kappa shape index (κ3) is 7.09. The van der Waals surface area contributed by atoms with Crippen LogP contribution in [0.15, 0.2) is 78.3 Å². The fourth-order valence-electron chi connectivity index (χ4n) is 3.71. The molecule has 0 spiro atoms. The molecule has 0 unspecified atom stereocenters. The molecule has 6 rings (SSSR count). The quantitative estimate of drug-likeness (QED) is 0.192. The Morgan fingerprint density at radius 1 is 0.718 bits per heavy atom. The lowest BCUT2D eigenvalue weighted by Crippen LogP contribution is -2.12. The molecule has 204 valence electrons. The molecule has 0 radical (unpaired) electrons. The van der Waals surface area contributed by atoms with Gasteiger partial charge in [0.05, 0.1) is 10.9 Å². The number of nitrogens with zero attached hydrogens (tertiary/aromatic N) is 5. The van der Waals surface area contributed by atoms with Crippen molar-refractivity contribution in [2.24, 2.45) is 0 Å². The highest BCUT2D eigenvalue weighted by Crippen LogP contribution is 2.33. The van der Waals surface area contributed by atoms with Gasteiger partial charge >= 0.3 is 0 Å². The Kier molecular flexibility index (Phi) is 7.94. The molecule has 39 heavy (non-hydrogen) atoms. The van der Waals surface area contributed by atoms with Crippen LogP contribution in [-0.4, -0.2) is 24.3 Å². The summed E-state index contributed by atoms with van der Waals surface area (Å²) in [5, 5.41) is 2.44. The van der Waals surface area contributed by atoms with E-state index in [0.29, 0.717) is 0 Å². The summed E-state index contributed by atoms with van der Waals surface area (Å²) >= 11 is 1.84. The smallest absolute Gasteiger partial charge is 0.233 e. The molecule has 7 heteroatoms. The third-order valence-corrected chi connectivity index (χ3v) is 7.75. The van der Waals surface area contributed by atoms with E-state index in [4.69, 9.17) is 4.42 Å². The first-order valence-electron chi connectivity index (χ1n) is 13.2. The van der Waals surface area contributed by atoms with Crippen LogP contribution in [0.1, 0.15) is 78.5 Å². The van der Waals surface area contributed by atoms with Crippen molar-refractivity contribution in [1.82, 2.24) is 24.3 Å². The Bertz CT molecular complexity index is 1510. The first kappa shape index (κ1) is 28.4. The zero-order chi connectivity index (χ0) is 28.4. The zero-order valence-electron chi connectivity index (χ0n) is 24.5. The molecule has 6 aromatic heterocycles. The Morgan fingerprint density at radius 2 is 1.41 bits per heavy atom. The van der Waals surface area contributed by atoms with Gasteiger partial charge in [-0.25, -0.2) is 9.97 Å². The number of imidazole rings is 1. The summed E-state index contributed by atoms with van der Waals surface area (Å²) in [5.74, 6) is 1.77. The van der Waals surface area contributed by atoms with Crippen LogP contribution in [0.5, 0.6) is 0 Å². The minimum atomic E-state index is 0.0685. The van der Waals surface area contributed by atoms with Crippen molar-refractivity contribution >= 4 is 38.2 Å². The predicted octanol–water partition coefficient (Wildman–Crippen LogP) is 8.75. The molecule has 6 heterocycles. The van der Waals surface area contributed by atoms with E-state index in [9.17, 15) is 0 Å². The van der Waals surface area contributed by atoms with Gasteiger partial charge in [0.2, 0.25) is 5.78 Å². The van der Waals surface area contributed by atoms with E-state index in [1.165, 1.54) is 20.5 Å². The third-order valence-electron chi connectivity index (χ3n) is 6.24. The SMILES string of the molecule is CC(C)(C)c1cc2ccncc2o1.CC(C)(C)c1cc2ccncc2s1.CC(C)(C)c1cnc2nccn2c1. The summed E-state index contributed by atoms with van der Waals surface area (Å²) in [5.41, 5.74) is 2.55. The number of fused-ring (bicyclic) bond motifs is 3. The van der Waals surface area contributed by atoms with Crippen LogP contribution in [0.3, 0.4) is 0 Å². The van der Waals surface area contributed by atoms with Gasteiger partial charge in [0.15, 0.2) is 5.58 Å². The van der Waals surface area contributed by atoms with Gasteiger partial charge in [-0.05, 0) is 46.0 Å². The lowest BCUT2D eigenvalue weighted by Gasteiger charge is -2.17. The summed E-state index contributed by atoms with van der Waals surface area (Å²) in [4.78, 5) is 17.9. The van der Waals surface area contributed by atoms with Crippen LogP contribution in [0, 0.1) is 0 Å². The second kappa shape index (κ2) is 10.9. The summed E-state index contributed by atoms with van der Waals surface area (Å²) in [6, 6.07) is 8.38. The molecule has 0 fully saturated rings. The second-order valence-electron chi connectivity index (χ2n) is 12.8. The van der Waals surface area contributed by atoms with E-state index >= 15 is 0 Å². The van der Waals surface area contributed by atoms with Crippen molar-refractivity contribution in [3.8, 4) is 0 Å². The van der Waals surface area contributed by atoms with Gasteiger partial charge in [0.25, 0.3) is 0 Å². The van der Waals surface area contributed by atoms with Crippen molar-refractivity contribution in [3.05, 3.63) is 90.0 Å². The molecule has 6 aromatic rings. The number of thiophene rings is 1. The monoisotopic (exact) mass is 541 g/mol. The molecule has 0 atom stereocenters. The number of aromatic nitrogens is 5. The van der Waals surface area contributed by atoms with Crippen LogP contribution < -0.4 is 0 Å². The summed E-state index contributed by atoms with van der Waals surface area (Å²) in [6.45, 7) is 19.7. The van der Waals surface area contributed by atoms with Gasteiger partial charge in [-0.15, -0.1) is 11.3 Å². The molecule has 0 N–H and O–H groups in total. The molecule has 0 aromatic carbocycles. The molecule has 0 amide bonds.